The molecule has 0 bridgehead atoms. The van der Waals surface area contributed by atoms with Gasteiger partial charge < -0.3 is 14.2 Å². The number of carboxylic acid groups (broad SMARTS) is 1. The van der Waals surface area contributed by atoms with Crippen molar-refractivity contribution >= 4 is 13.6 Å². The second-order valence-electron chi connectivity index (χ2n) is 5.89. The number of carboxylic acids is 1. The summed E-state index contributed by atoms with van der Waals surface area (Å²) in [5, 5.41) is 9.13. The summed E-state index contributed by atoms with van der Waals surface area (Å²) in [6.07, 6.45) is 2.52. The van der Waals surface area contributed by atoms with Crippen LogP contribution in [0.2, 0.25) is 0 Å². The molecule has 1 atom stereocenters. The summed E-state index contributed by atoms with van der Waals surface area (Å²) < 4.78 is 23.3. The topological polar surface area (TPSA) is 72.8 Å². The van der Waals surface area contributed by atoms with Gasteiger partial charge in [0.15, 0.2) is 0 Å². The van der Waals surface area contributed by atoms with Gasteiger partial charge in [-0.3, -0.25) is 9.36 Å². The third-order valence-electron chi connectivity index (χ3n) is 3.99. The van der Waals surface area contributed by atoms with Crippen LogP contribution in [0, 0.1) is 5.92 Å². The maximum absolute atomic E-state index is 12.6. The SMILES string of the molecule is CCOP(=O)(Cc1cccc([C@@H](CC(=O)O)C2CC2)c1)OCC. The standard InChI is InChI=1S/C17H25O5P/c1-3-21-23(20,22-4-2)12-13-6-5-7-15(10-13)16(11-17(18)19)14-8-9-14/h5-7,10,14,16H,3-4,8-9,11-12H2,1-2H3,(H,18,19)/t16-/m0/s1. The van der Waals surface area contributed by atoms with E-state index < -0.39 is 13.6 Å². The number of carbonyl (C=O) groups is 1. The number of benzene rings is 1. The van der Waals surface area contributed by atoms with Gasteiger partial charge in [0.25, 0.3) is 0 Å². The van der Waals surface area contributed by atoms with Crippen LogP contribution in [0.25, 0.3) is 0 Å². The zero-order chi connectivity index (χ0) is 16.9. The van der Waals surface area contributed by atoms with E-state index in [1.807, 2.05) is 24.3 Å². The monoisotopic (exact) mass is 340 g/mol. The second kappa shape index (κ2) is 8.09. The van der Waals surface area contributed by atoms with Crippen LogP contribution in [0.3, 0.4) is 0 Å². The molecule has 0 aromatic heterocycles. The summed E-state index contributed by atoms with van der Waals surface area (Å²) in [4.78, 5) is 11.1. The predicted octanol–water partition coefficient (Wildman–Crippen LogP) is 4.42. The first-order valence-corrected chi connectivity index (χ1v) is 9.89. The summed E-state index contributed by atoms with van der Waals surface area (Å²) in [7, 11) is -3.14. The molecule has 0 aliphatic heterocycles. The molecule has 0 spiro atoms. The van der Waals surface area contributed by atoms with Gasteiger partial charge in [-0.1, -0.05) is 24.3 Å². The molecule has 1 aliphatic rings. The molecule has 0 radical (unpaired) electrons. The Hall–Kier alpha value is -1.16. The van der Waals surface area contributed by atoms with Crippen molar-refractivity contribution in [2.75, 3.05) is 13.2 Å². The fraction of sp³-hybridized carbons (Fsp3) is 0.588. The zero-order valence-corrected chi connectivity index (χ0v) is 14.6. The highest BCUT2D eigenvalue weighted by molar-refractivity contribution is 7.53. The summed E-state index contributed by atoms with van der Waals surface area (Å²) in [6, 6.07) is 7.70. The lowest BCUT2D eigenvalue weighted by molar-refractivity contribution is -0.137. The Morgan fingerprint density at radius 3 is 2.48 bits per heavy atom. The molecular formula is C17H25O5P. The van der Waals surface area contributed by atoms with Gasteiger partial charge in [-0.15, -0.1) is 0 Å². The van der Waals surface area contributed by atoms with Crippen LogP contribution in [-0.2, 0) is 24.6 Å². The molecule has 0 unspecified atom stereocenters. The van der Waals surface area contributed by atoms with Crippen LogP contribution in [-0.4, -0.2) is 24.3 Å². The molecular weight excluding hydrogens is 315 g/mol. The Bertz CT molecular complexity index is 572. The van der Waals surface area contributed by atoms with Gasteiger partial charge in [0.1, 0.15) is 0 Å². The number of aliphatic carboxylic acids is 1. The lowest BCUT2D eigenvalue weighted by Crippen LogP contribution is -2.09. The van der Waals surface area contributed by atoms with Crippen molar-refractivity contribution in [1.29, 1.82) is 0 Å². The average Bonchev–Trinajstić information content (AvgIpc) is 3.29. The number of hydrogen-bond acceptors (Lipinski definition) is 4. The van der Waals surface area contributed by atoms with Crippen LogP contribution >= 0.6 is 7.60 Å². The Morgan fingerprint density at radius 2 is 1.96 bits per heavy atom. The Morgan fingerprint density at radius 1 is 1.30 bits per heavy atom. The highest BCUT2D eigenvalue weighted by Crippen LogP contribution is 2.52. The van der Waals surface area contributed by atoms with Gasteiger partial charge in [0.2, 0.25) is 0 Å². The maximum atomic E-state index is 12.6. The van der Waals surface area contributed by atoms with Crippen molar-refractivity contribution in [3.63, 3.8) is 0 Å². The van der Waals surface area contributed by atoms with Gasteiger partial charge in [0.05, 0.1) is 25.8 Å². The molecule has 23 heavy (non-hydrogen) atoms. The molecule has 1 fully saturated rings. The summed E-state index contributed by atoms with van der Waals surface area (Å²) >= 11 is 0. The molecule has 2 rings (SSSR count). The molecule has 1 aliphatic carbocycles. The van der Waals surface area contributed by atoms with E-state index in [4.69, 9.17) is 14.2 Å². The van der Waals surface area contributed by atoms with Crippen molar-refractivity contribution in [1.82, 2.24) is 0 Å². The van der Waals surface area contributed by atoms with Crippen molar-refractivity contribution in [2.45, 2.75) is 45.2 Å². The molecule has 1 aromatic rings. The van der Waals surface area contributed by atoms with Crippen molar-refractivity contribution in [3.05, 3.63) is 35.4 Å². The summed E-state index contributed by atoms with van der Waals surface area (Å²) in [5.41, 5.74) is 1.87. The van der Waals surface area contributed by atoms with E-state index >= 15 is 0 Å². The quantitative estimate of drug-likeness (QED) is 0.638. The van der Waals surface area contributed by atoms with Crippen LogP contribution in [0.1, 0.15) is 50.2 Å². The average molecular weight is 340 g/mol. The molecule has 0 amide bonds. The van der Waals surface area contributed by atoms with Crippen LogP contribution in [0.4, 0.5) is 0 Å². The Kier molecular flexibility index (Phi) is 6.40. The molecule has 6 heteroatoms. The third kappa shape index (κ3) is 5.45. The van der Waals surface area contributed by atoms with Gasteiger partial charge in [-0.05, 0) is 49.7 Å². The fourth-order valence-corrected chi connectivity index (χ4v) is 4.60. The van der Waals surface area contributed by atoms with E-state index in [2.05, 4.69) is 0 Å². The Balaban J connectivity index is 2.17. The van der Waals surface area contributed by atoms with Gasteiger partial charge in [-0.25, -0.2) is 0 Å². The smallest absolute Gasteiger partial charge is 0.335 e. The summed E-state index contributed by atoms with van der Waals surface area (Å²) in [6.45, 7) is 4.25. The molecule has 128 valence electrons. The van der Waals surface area contributed by atoms with E-state index in [-0.39, 0.29) is 18.5 Å². The number of rotatable bonds is 10. The fourth-order valence-electron chi connectivity index (χ4n) is 2.91. The largest absolute Gasteiger partial charge is 0.481 e. The van der Waals surface area contributed by atoms with Gasteiger partial charge in [0, 0.05) is 0 Å². The minimum atomic E-state index is -3.14. The lowest BCUT2D eigenvalue weighted by Gasteiger charge is -2.19. The third-order valence-corrected chi connectivity index (χ3v) is 6.05. The van der Waals surface area contributed by atoms with Gasteiger partial charge in [-0.2, -0.15) is 0 Å². The van der Waals surface area contributed by atoms with E-state index in [0.717, 1.165) is 24.0 Å². The first kappa shape index (κ1) is 18.2. The van der Waals surface area contributed by atoms with Crippen molar-refractivity contribution < 1.29 is 23.5 Å². The molecule has 1 N–H and O–H groups in total. The predicted molar refractivity (Wildman–Crippen MR) is 88.7 cm³/mol. The minimum absolute atomic E-state index is 0.0334. The van der Waals surface area contributed by atoms with Crippen LogP contribution in [0.15, 0.2) is 24.3 Å². The van der Waals surface area contributed by atoms with Crippen molar-refractivity contribution in [2.24, 2.45) is 5.92 Å². The normalized spacial score (nSPS) is 16.3. The molecule has 1 saturated carbocycles. The molecule has 0 heterocycles. The van der Waals surface area contributed by atoms with Crippen molar-refractivity contribution in [3.8, 4) is 0 Å². The highest BCUT2D eigenvalue weighted by Gasteiger charge is 2.34. The first-order valence-electron chi connectivity index (χ1n) is 8.16. The second-order valence-corrected chi connectivity index (χ2v) is 7.95. The van der Waals surface area contributed by atoms with E-state index in [0.29, 0.717) is 19.1 Å². The first-order chi connectivity index (χ1) is 11.0. The lowest BCUT2D eigenvalue weighted by atomic mass is 9.90. The Labute approximate surface area is 137 Å². The zero-order valence-electron chi connectivity index (χ0n) is 13.7. The number of hydrogen-bond donors (Lipinski definition) is 1. The van der Waals surface area contributed by atoms with Crippen LogP contribution in [0.5, 0.6) is 0 Å². The maximum Gasteiger partial charge on any atom is 0.335 e. The highest BCUT2D eigenvalue weighted by atomic mass is 31.2. The van der Waals surface area contributed by atoms with Crippen LogP contribution < -0.4 is 0 Å². The minimum Gasteiger partial charge on any atom is -0.481 e. The van der Waals surface area contributed by atoms with Gasteiger partial charge >= 0.3 is 13.6 Å². The van der Waals surface area contributed by atoms with E-state index in [1.165, 1.54) is 0 Å². The molecule has 1 aromatic carbocycles. The summed E-state index contributed by atoms with van der Waals surface area (Å²) in [5.74, 6) is -0.292. The van der Waals surface area contributed by atoms with E-state index in [9.17, 15) is 9.36 Å². The molecule has 0 saturated heterocycles. The van der Waals surface area contributed by atoms with E-state index in [1.54, 1.807) is 13.8 Å². The molecule has 5 nitrogen and oxygen atoms in total.